The van der Waals surface area contributed by atoms with Crippen molar-refractivity contribution in [1.82, 2.24) is 9.97 Å². The Labute approximate surface area is 176 Å². The van der Waals surface area contributed by atoms with Gasteiger partial charge in [0.1, 0.15) is 17.2 Å². The largest absolute Gasteiger partial charge is 0.416 e. The maximum atomic E-state index is 12.8. The molecule has 1 saturated heterocycles. The van der Waals surface area contributed by atoms with Crippen molar-refractivity contribution in [2.24, 2.45) is 0 Å². The molecule has 10 heteroatoms. The number of hydrogen-bond acceptors (Lipinski definition) is 5. The molecular formula is C19H20ClF3N4OS. The summed E-state index contributed by atoms with van der Waals surface area (Å²) in [6, 6.07) is 5.03. The number of carbonyl (C=O) groups is 1. The third-order valence-electron chi connectivity index (χ3n) is 4.64. The molecule has 2 heterocycles. The topological polar surface area (TPSA) is 58.1 Å². The van der Waals surface area contributed by atoms with E-state index in [0.29, 0.717) is 11.1 Å². The van der Waals surface area contributed by atoms with Crippen molar-refractivity contribution < 1.29 is 18.0 Å². The Balaban J connectivity index is 1.62. The number of nitrogens with one attached hydrogen (secondary N) is 1. The molecular weight excluding hydrogens is 425 g/mol. The average Bonchev–Trinajstić information content (AvgIpc) is 2.68. The molecule has 1 aromatic carbocycles. The van der Waals surface area contributed by atoms with Gasteiger partial charge in [-0.2, -0.15) is 13.2 Å². The lowest BCUT2D eigenvalue weighted by Crippen LogP contribution is -2.38. The van der Waals surface area contributed by atoms with Crippen molar-refractivity contribution in [2.75, 3.05) is 22.5 Å². The summed E-state index contributed by atoms with van der Waals surface area (Å²) in [5.74, 6) is 0.331. The highest BCUT2D eigenvalue weighted by Crippen LogP contribution is 2.34. The van der Waals surface area contributed by atoms with Crippen LogP contribution in [0.15, 0.2) is 35.6 Å². The zero-order chi connectivity index (χ0) is 21.0. The van der Waals surface area contributed by atoms with Crippen LogP contribution in [0.2, 0.25) is 5.02 Å². The minimum atomic E-state index is -4.51. The number of nitrogens with zero attached hydrogens (tertiary/aromatic N) is 3. The van der Waals surface area contributed by atoms with E-state index in [1.54, 1.807) is 0 Å². The predicted octanol–water partition coefficient (Wildman–Crippen LogP) is 5.26. The van der Waals surface area contributed by atoms with E-state index in [1.165, 1.54) is 24.5 Å². The molecule has 1 aliphatic rings. The zero-order valence-electron chi connectivity index (χ0n) is 15.7. The van der Waals surface area contributed by atoms with E-state index in [4.69, 9.17) is 11.6 Å². The van der Waals surface area contributed by atoms with Gasteiger partial charge in [0.25, 0.3) is 0 Å². The molecule has 0 saturated carbocycles. The number of amides is 1. The lowest BCUT2D eigenvalue weighted by atomic mass is 10.0. The normalized spacial score (nSPS) is 17.3. The fourth-order valence-corrected chi connectivity index (χ4v) is 3.95. The first-order valence-electron chi connectivity index (χ1n) is 9.12. The zero-order valence-corrected chi connectivity index (χ0v) is 17.2. The molecule has 1 N–H and O–H groups in total. The second-order valence-corrected chi connectivity index (χ2v) is 8.18. The molecule has 0 aliphatic carbocycles. The van der Waals surface area contributed by atoms with Gasteiger partial charge in [0.2, 0.25) is 5.91 Å². The van der Waals surface area contributed by atoms with Gasteiger partial charge in [0.05, 0.1) is 22.0 Å². The number of benzene rings is 1. The lowest BCUT2D eigenvalue weighted by Gasteiger charge is -2.34. The van der Waals surface area contributed by atoms with Crippen LogP contribution in [0, 0.1) is 0 Å². The van der Waals surface area contributed by atoms with Crippen molar-refractivity contribution in [3.63, 3.8) is 0 Å². The highest BCUT2D eigenvalue weighted by Gasteiger charge is 2.31. The number of aromatic nitrogens is 2. The van der Waals surface area contributed by atoms with Crippen LogP contribution in [0.5, 0.6) is 0 Å². The van der Waals surface area contributed by atoms with E-state index in [2.05, 4.69) is 27.1 Å². The molecule has 1 atom stereocenters. The SMILES string of the molecule is CC1CCCCN1c1cc(SCC(=O)Nc2cc(C(F)(F)F)ccc2Cl)ncn1. The molecule has 156 valence electrons. The van der Waals surface area contributed by atoms with Crippen LogP contribution in [0.1, 0.15) is 31.7 Å². The molecule has 1 aliphatic heterocycles. The van der Waals surface area contributed by atoms with Gasteiger partial charge in [-0.1, -0.05) is 23.4 Å². The van der Waals surface area contributed by atoms with E-state index >= 15 is 0 Å². The smallest absolute Gasteiger partial charge is 0.354 e. The van der Waals surface area contributed by atoms with Gasteiger partial charge < -0.3 is 10.2 Å². The summed E-state index contributed by atoms with van der Waals surface area (Å²) in [5, 5.41) is 3.10. The quantitative estimate of drug-likeness (QED) is 0.503. The molecule has 0 spiro atoms. The molecule has 1 aromatic heterocycles. The molecule has 0 radical (unpaired) electrons. The number of thioether (sulfide) groups is 1. The summed E-state index contributed by atoms with van der Waals surface area (Å²) in [4.78, 5) is 22.9. The fraction of sp³-hybridized carbons (Fsp3) is 0.421. The highest BCUT2D eigenvalue weighted by molar-refractivity contribution is 7.99. The predicted molar refractivity (Wildman–Crippen MR) is 108 cm³/mol. The standard InChI is InChI=1S/C19H20ClF3N4OS/c1-12-4-2-3-7-27(12)16-9-18(25-11-24-16)29-10-17(28)26-15-8-13(19(21,22)23)5-6-14(15)20/h5-6,8-9,11-12H,2-4,7,10H2,1H3,(H,26,28). The number of piperidine rings is 1. The van der Waals surface area contributed by atoms with Crippen molar-refractivity contribution >= 4 is 40.8 Å². The third-order valence-corrected chi connectivity index (χ3v) is 5.90. The Hall–Kier alpha value is -2.00. The van der Waals surface area contributed by atoms with Gasteiger partial charge in [-0.15, -0.1) is 0 Å². The number of rotatable bonds is 5. The second kappa shape index (κ2) is 9.21. The highest BCUT2D eigenvalue weighted by atomic mass is 35.5. The van der Waals surface area contributed by atoms with Crippen LogP contribution in [-0.4, -0.2) is 34.2 Å². The Bertz CT molecular complexity index is 881. The van der Waals surface area contributed by atoms with Crippen molar-refractivity contribution in [3.8, 4) is 0 Å². The maximum Gasteiger partial charge on any atom is 0.416 e. The lowest BCUT2D eigenvalue weighted by molar-refractivity contribution is -0.137. The number of anilines is 2. The van der Waals surface area contributed by atoms with Crippen LogP contribution in [0.3, 0.4) is 0 Å². The average molecular weight is 445 g/mol. The number of carbonyl (C=O) groups excluding carboxylic acids is 1. The summed E-state index contributed by atoms with van der Waals surface area (Å²) in [6.07, 6.45) is 0.356. The Morgan fingerprint density at radius 2 is 2.10 bits per heavy atom. The first kappa shape index (κ1) is 21.7. The number of halogens is 4. The third kappa shape index (κ3) is 5.76. The van der Waals surface area contributed by atoms with E-state index in [0.717, 1.165) is 43.4 Å². The Morgan fingerprint density at radius 1 is 1.31 bits per heavy atom. The van der Waals surface area contributed by atoms with Gasteiger partial charge >= 0.3 is 6.18 Å². The summed E-state index contributed by atoms with van der Waals surface area (Å²) >= 11 is 7.10. The summed E-state index contributed by atoms with van der Waals surface area (Å²) in [7, 11) is 0. The molecule has 1 fully saturated rings. The van der Waals surface area contributed by atoms with Crippen LogP contribution in [0.25, 0.3) is 0 Å². The van der Waals surface area contributed by atoms with Crippen LogP contribution < -0.4 is 10.2 Å². The Kier molecular flexibility index (Phi) is 6.89. The molecule has 1 unspecified atom stereocenters. The van der Waals surface area contributed by atoms with Crippen LogP contribution >= 0.6 is 23.4 Å². The van der Waals surface area contributed by atoms with E-state index in [1.807, 2.05) is 6.07 Å². The molecule has 2 aromatic rings. The molecule has 1 amide bonds. The molecule has 5 nitrogen and oxygen atoms in total. The molecule has 3 rings (SSSR count). The monoisotopic (exact) mass is 444 g/mol. The van der Waals surface area contributed by atoms with E-state index < -0.39 is 17.6 Å². The second-order valence-electron chi connectivity index (χ2n) is 6.78. The fourth-order valence-electron chi connectivity index (χ4n) is 3.13. The van der Waals surface area contributed by atoms with E-state index in [9.17, 15) is 18.0 Å². The van der Waals surface area contributed by atoms with Gasteiger partial charge in [-0.05, 0) is 44.4 Å². The summed E-state index contributed by atoms with van der Waals surface area (Å²) in [6.45, 7) is 3.08. The van der Waals surface area contributed by atoms with Crippen LogP contribution in [0.4, 0.5) is 24.7 Å². The van der Waals surface area contributed by atoms with Crippen molar-refractivity contribution in [1.29, 1.82) is 0 Å². The van der Waals surface area contributed by atoms with Gasteiger partial charge in [-0.3, -0.25) is 4.79 Å². The Morgan fingerprint density at radius 3 is 2.83 bits per heavy atom. The minimum Gasteiger partial charge on any atom is -0.354 e. The maximum absolute atomic E-state index is 12.8. The first-order chi connectivity index (χ1) is 13.7. The van der Waals surface area contributed by atoms with Crippen LogP contribution in [-0.2, 0) is 11.0 Å². The van der Waals surface area contributed by atoms with Gasteiger partial charge in [0.15, 0.2) is 0 Å². The number of alkyl halides is 3. The van der Waals surface area contributed by atoms with Gasteiger partial charge in [-0.25, -0.2) is 9.97 Å². The summed E-state index contributed by atoms with van der Waals surface area (Å²) < 4.78 is 38.5. The van der Waals surface area contributed by atoms with Crippen molar-refractivity contribution in [3.05, 3.63) is 41.2 Å². The minimum absolute atomic E-state index is 0.0153. The molecule has 29 heavy (non-hydrogen) atoms. The molecule has 0 bridgehead atoms. The first-order valence-corrected chi connectivity index (χ1v) is 10.5. The number of hydrogen-bond donors (Lipinski definition) is 1. The van der Waals surface area contributed by atoms with E-state index in [-0.39, 0.29) is 16.5 Å². The van der Waals surface area contributed by atoms with Crippen molar-refractivity contribution in [2.45, 2.75) is 43.4 Å². The summed E-state index contributed by atoms with van der Waals surface area (Å²) in [5.41, 5.74) is -0.946. The van der Waals surface area contributed by atoms with Gasteiger partial charge in [0, 0.05) is 18.7 Å².